The van der Waals surface area contributed by atoms with Gasteiger partial charge in [-0.3, -0.25) is 4.79 Å². The number of benzene rings is 1. The third-order valence-corrected chi connectivity index (χ3v) is 4.17. The summed E-state index contributed by atoms with van der Waals surface area (Å²) in [5.41, 5.74) is 2.17. The first-order chi connectivity index (χ1) is 8.18. The van der Waals surface area contributed by atoms with Crippen molar-refractivity contribution in [3.05, 3.63) is 54.1 Å². The Morgan fingerprint density at radius 1 is 1.35 bits per heavy atom. The van der Waals surface area contributed by atoms with Gasteiger partial charge in [0.1, 0.15) is 4.75 Å². The number of hydrogen-bond donors (Lipinski definition) is 1. The maximum atomic E-state index is 11.4. The van der Waals surface area contributed by atoms with E-state index in [0.717, 1.165) is 11.1 Å². The molecule has 88 valence electrons. The van der Waals surface area contributed by atoms with E-state index in [2.05, 4.69) is 0 Å². The molecule has 0 bridgehead atoms. The maximum Gasteiger partial charge on any atom is 0.324 e. The molecule has 0 heterocycles. The summed E-state index contributed by atoms with van der Waals surface area (Å²) in [5, 5.41) is 9.35. The van der Waals surface area contributed by atoms with E-state index in [4.69, 9.17) is 0 Å². The van der Waals surface area contributed by atoms with Gasteiger partial charge < -0.3 is 5.11 Å². The molecule has 0 saturated heterocycles. The van der Waals surface area contributed by atoms with Crippen molar-refractivity contribution in [1.82, 2.24) is 0 Å². The van der Waals surface area contributed by atoms with Gasteiger partial charge in [-0.25, -0.2) is 0 Å². The van der Waals surface area contributed by atoms with Crippen molar-refractivity contribution in [1.29, 1.82) is 0 Å². The van der Waals surface area contributed by atoms with Gasteiger partial charge in [-0.2, -0.15) is 0 Å². The van der Waals surface area contributed by atoms with E-state index >= 15 is 0 Å². The lowest BCUT2D eigenvalue weighted by atomic mass is 9.89. The standard InChI is InChI=1S/C14H14O2S/c1-17-14(13(15)16)9-5-8-12(10-14)11-6-3-2-4-7-11/h2-9H,10H2,1H3,(H,15,16). The van der Waals surface area contributed by atoms with Crippen LogP contribution in [0.3, 0.4) is 0 Å². The zero-order chi connectivity index (χ0) is 12.3. The zero-order valence-corrected chi connectivity index (χ0v) is 10.4. The number of aliphatic carboxylic acids is 1. The molecule has 1 aliphatic rings. The fraction of sp³-hybridized carbons (Fsp3) is 0.214. The van der Waals surface area contributed by atoms with Gasteiger partial charge in [-0.1, -0.05) is 48.6 Å². The van der Waals surface area contributed by atoms with Crippen LogP contribution in [-0.2, 0) is 4.79 Å². The second-order valence-electron chi connectivity index (χ2n) is 3.99. The molecule has 0 amide bonds. The number of rotatable bonds is 3. The van der Waals surface area contributed by atoms with Gasteiger partial charge in [0.2, 0.25) is 0 Å². The van der Waals surface area contributed by atoms with E-state index in [9.17, 15) is 9.90 Å². The van der Waals surface area contributed by atoms with Crippen LogP contribution in [0.25, 0.3) is 5.57 Å². The Balaban J connectivity index is 2.32. The molecule has 0 aliphatic heterocycles. The summed E-state index contributed by atoms with van der Waals surface area (Å²) in [6.45, 7) is 0. The quantitative estimate of drug-likeness (QED) is 0.889. The Kier molecular flexibility index (Phi) is 3.38. The van der Waals surface area contributed by atoms with Crippen LogP contribution < -0.4 is 0 Å². The van der Waals surface area contributed by atoms with Gasteiger partial charge in [0.15, 0.2) is 0 Å². The highest BCUT2D eigenvalue weighted by molar-refractivity contribution is 8.00. The van der Waals surface area contributed by atoms with Crippen molar-refractivity contribution in [2.75, 3.05) is 6.26 Å². The lowest BCUT2D eigenvalue weighted by molar-refractivity contribution is -0.138. The monoisotopic (exact) mass is 246 g/mol. The van der Waals surface area contributed by atoms with Gasteiger partial charge >= 0.3 is 5.97 Å². The van der Waals surface area contributed by atoms with E-state index in [-0.39, 0.29) is 0 Å². The van der Waals surface area contributed by atoms with Gasteiger partial charge in [0, 0.05) is 6.42 Å². The summed E-state index contributed by atoms with van der Waals surface area (Å²) in [7, 11) is 0. The molecule has 3 heteroatoms. The van der Waals surface area contributed by atoms with E-state index in [0.29, 0.717) is 6.42 Å². The molecule has 1 aromatic rings. The van der Waals surface area contributed by atoms with Crippen molar-refractivity contribution in [3.63, 3.8) is 0 Å². The van der Waals surface area contributed by atoms with Crippen molar-refractivity contribution in [2.45, 2.75) is 11.2 Å². The molecule has 0 aromatic heterocycles. The normalized spacial score (nSPS) is 23.2. The minimum absolute atomic E-state index is 0.532. The lowest BCUT2D eigenvalue weighted by Gasteiger charge is -2.27. The van der Waals surface area contributed by atoms with Crippen LogP contribution in [0.1, 0.15) is 12.0 Å². The van der Waals surface area contributed by atoms with Crippen LogP contribution in [0.4, 0.5) is 0 Å². The van der Waals surface area contributed by atoms with Crippen molar-refractivity contribution < 1.29 is 9.90 Å². The first-order valence-electron chi connectivity index (χ1n) is 5.40. The third kappa shape index (κ3) is 2.29. The molecular weight excluding hydrogens is 232 g/mol. The molecule has 2 nitrogen and oxygen atoms in total. The minimum Gasteiger partial charge on any atom is -0.480 e. The molecule has 1 aliphatic carbocycles. The smallest absolute Gasteiger partial charge is 0.324 e. The van der Waals surface area contributed by atoms with Gasteiger partial charge in [0.05, 0.1) is 0 Å². The predicted molar refractivity (Wildman–Crippen MR) is 72.1 cm³/mol. The Hall–Kier alpha value is -1.48. The van der Waals surface area contributed by atoms with Gasteiger partial charge in [0.25, 0.3) is 0 Å². The van der Waals surface area contributed by atoms with Gasteiger partial charge in [-0.15, -0.1) is 11.8 Å². The summed E-state index contributed by atoms with van der Waals surface area (Å²) in [6.07, 6.45) is 7.98. The fourth-order valence-corrected chi connectivity index (χ4v) is 2.63. The van der Waals surface area contributed by atoms with Crippen molar-refractivity contribution in [2.24, 2.45) is 0 Å². The average molecular weight is 246 g/mol. The summed E-state index contributed by atoms with van der Waals surface area (Å²) in [6, 6.07) is 9.92. The summed E-state index contributed by atoms with van der Waals surface area (Å²) >= 11 is 1.37. The van der Waals surface area contributed by atoms with Crippen molar-refractivity contribution >= 4 is 23.3 Å². The average Bonchev–Trinajstić information content (AvgIpc) is 2.39. The van der Waals surface area contributed by atoms with Crippen LogP contribution in [0, 0.1) is 0 Å². The van der Waals surface area contributed by atoms with Crippen LogP contribution >= 0.6 is 11.8 Å². The van der Waals surface area contributed by atoms with Crippen LogP contribution in [0.2, 0.25) is 0 Å². The number of carbonyl (C=O) groups is 1. The highest BCUT2D eigenvalue weighted by atomic mass is 32.2. The number of hydrogen-bond acceptors (Lipinski definition) is 2. The molecule has 17 heavy (non-hydrogen) atoms. The molecule has 1 unspecified atom stereocenters. The number of thioether (sulfide) groups is 1. The Morgan fingerprint density at radius 3 is 2.65 bits per heavy atom. The lowest BCUT2D eigenvalue weighted by Crippen LogP contribution is -2.33. The molecule has 0 spiro atoms. The third-order valence-electron chi connectivity index (χ3n) is 2.99. The van der Waals surface area contributed by atoms with Crippen molar-refractivity contribution in [3.8, 4) is 0 Å². The Labute approximate surface area is 105 Å². The maximum absolute atomic E-state index is 11.4. The molecule has 0 saturated carbocycles. The van der Waals surface area contributed by atoms with Crippen LogP contribution in [0.15, 0.2) is 48.6 Å². The Bertz CT molecular complexity index is 476. The molecule has 1 atom stereocenters. The Morgan fingerprint density at radius 2 is 2.06 bits per heavy atom. The van der Waals surface area contributed by atoms with Crippen LogP contribution in [-0.4, -0.2) is 22.1 Å². The first-order valence-corrected chi connectivity index (χ1v) is 6.63. The molecule has 0 radical (unpaired) electrons. The predicted octanol–water partition coefficient (Wildman–Crippen LogP) is 3.22. The summed E-state index contributed by atoms with van der Waals surface area (Å²) in [4.78, 5) is 11.4. The SMILES string of the molecule is CSC1(C(=O)O)C=CC=C(c2ccccc2)C1. The first kappa shape index (κ1) is 12.0. The highest BCUT2D eigenvalue weighted by Crippen LogP contribution is 2.38. The summed E-state index contributed by atoms with van der Waals surface area (Å²) in [5.74, 6) is -0.775. The highest BCUT2D eigenvalue weighted by Gasteiger charge is 2.37. The molecular formula is C14H14O2S. The van der Waals surface area contributed by atoms with Gasteiger partial charge in [-0.05, 0) is 17.4 Å². The largest absolute Gasteiger partial charge is 0.480 e. The fourth-order valence-electron chi connectivity index (χ4n) is 1.95. The topological polar surface area (TPSA) is 37.3 Å². The molecule has 1 aromatic carbocycles. The van der Waals surface area contributed by atoms with Crippen LogP contribution in [0.5, 0.6) is 0 Å². The molecule has 0 fully saturated rings. The summed E-state index contributed by atoms with van der Waals surface area (Å²) < 4.78 is -0.820. The zero-order valence-electron chi connectivity index (χ0n) is 9.59. The number of allylic oxidation sites excluding steroid dienone is 3. The second kappa shape index (κ2) is 4.80. The second-order valence-corrected chi connectivity index (χ2v) is 5.13. The molecule has 2 rings (SSSR count). The van der Waals surface area contributed by atoms with E-state index in [1.807, 2.05) is 48.7 Å². The number of carboxylic acid groups (broad SMARTS) is 1. The van der Waals surface area contributed by atoms with E-state index in [1.54, 1.807) is 6.08 Å². The van der Waals surface area contributed by atoms with E-state index in [1.165, 1.54) is 11.8 Å². The van der Waals surface area contributed by atoms with E-state index < -0.39 is 10.7 Å². The minimum atomic E-state index is -0.820. The number of carboxylic acids is 1. The molecule has 1 N–H and O–H groups in total.